The summed E-state index contributed by atoms with van der Waals surface area (Å²) >= 11 is 0. The van der Waals surface area contributed by atoms with Gasteiger partial charge in [0, 0.05) is 24.8 Å². The number of hydrogen-bond donors (Lipinski definition) is 1. The molecule has 0 radical (unpaired) electrons. The molecule has 0 aromatic heterocycles. The summed E-state index contributed by atoms with van der Waals surface area (Å²) in [6, 6.07) is 15.8. The van der Waals surface area contributed by atoms with Crippen LogP contribution in [0.2, 0.25) is 0 Å². The van der Waals surface area contributed by atoms with Gasteiger partial charge in [0.15, 0.2) is 0 Å². The van der Waals surface area contributed by atoms with E-state index in [4.69, 9.17) is 9.47 Å². The quantitative estimate of drug-likeness (QED) is 0.890. The summed E-state index contributed by atoms with van der Waals surface area (Å²) in [6.45, 7) is 1.81. The zero-order valence-corrected chi connectivity index (χ0v) is 12.7. The van der Waals surface area contributed by atoms with E-state index in [1.54, 1.807) is 7.11 Å². The molecule has 0 saturated carbocycles. The summed E-state index contributed by atoms with van der Waals surface area (Å²) in [7, 11) is 1.62. The van der Waals surface area contributed by atoms with Gasteiger partial charge in [-0.1, -0.05) is 24.3 Å². The zero-order chi connectivity index (χ0) is 15.4. The summed E-state index contributed by atoms with van der Waals surface area (Å²) < 4.78 is 10.8. The molecule has 1 aliphatic heterocycles. The molecule has 2 aromatic rings. The lowest BCUT2D eigenvalue weighted by atomic mass is 10.2. The number of rotatable bonds is 6. The second-order valence-corrected chi connectivity index (χ2v) is 5.47. The minimum Gasteiger partial charge on any atom is -0.497 e. The van der Waals surface area contributed by atoms with Crippen molar-refractivity contribution in [2.24, 2.45) is 0 Å². The third-order valence-corrected chi connectivity index (χ3v) is 3.90. The molecule has 2 aromatic carbocycles. The van der Waals surface area contributed by atoms with Gasteiger partial charge in [-0.15, -0.1) is 0 Å². The molecule has 1 aliphatic rings. The summed E-state index contributed by atoms with van der Waals surface area (Å²) in [5.74, 6) is 1.46. The normalized spacial score (nSPS) is 14.5. The number of aliphatic hydroxyl groups is 1. The number of nitrogens with zero attached hydrogens (tertiary/aromatic N) is 1. The van der Waals surface area contributed by atoms with E-state index in [0.29, 0.717) is 12.3 Å². The lowest BCUT2D eigenvalue weighted by Crippen LogP contribution is -2.34. The Morgan fingerprint density at radius 3 is 2.82 bits per heavy atom. The fraction of sp³-hybridized carbons (Fsp3) is 0.333. The van der Waals surface area contributed by atoms with Crippen molar-refractivity contribution in [2.75, 3.05) is 31.7 Å². The molecule has 0 saturated heterocycles. The Bertz CT molecular complexity index is 629. The highest BCUT2D eigenvalue weighted by atomic mass is 16.5. The Hall–Kier alpha value is -2.20. The lowest BCUT2D eigenvalue weighted by Gasteiger charge is -2.23. The molecule has 0 spiro atoms. The van der Waals surface area contributed by atoms with Crippen molar-refractivity contribution in [3.63, 3.8) is 0 Å². The molecule has 4 nitrogen and oxygen atoms in total. The van der Waals surface area contributed by atoms with Gasteiger partial charge in [-0.2, -0.15) is 0 Å². The van der Waals surface area contributed by atoms with Crippen molar-refractivity contribution in [3.8, 4) is 11.5 Å². The Kier molecular flexibility index (Phi) is 4.49. The number of anilines is 1. The van der Waals surface area contributed by atoms with Crippen LogP contribution in [0.3, 0.4) is 0 Å². The van der Waals surface area contributed by atoms with Crippen LogP contribution in [0.5, 0.6) is 11.5 Å². The Balaban J connectivity index is 1.54. The Morgan fingerprint density at radius 2 is 1.95 bits per heavy atom. The number of benzene rings is 2. The molecule has 1 N–H and O–H groups in total. The highest BCUT2D eigenvalue weighted by Gasteiger charge is 2.20. The minimum atomic E-state index is -0.530. The first-order chi connectivity index (χ1) is 10.8. The number of methoxy groups -OCH3 is 1. The van der Waals surface area contributed by atoms with E-state index < -0.39 is 6.10 Å². The van der Waals surface area contributed by atoms with Crippen molar-refractivity contribution < 1.29 is 14.6 Å². The van der Waals surface area contributed by atoms with E-state index in [1.807, 2.05) is 30.3 Å². The number of β-amino-alcohol motifs (C(OH)–C–C–N with tert-alkyl or cyclic N) is 1. The molecule has 116 valence electrons. The molecule has 22 heavy (non-hydrogen) atoms. The van der Waals surface area contributed by atoms with Crippen LogP contribution in [0, 0.1) is 0 Å². The fourth-order valence-electron chi connectivity index (χ4n) is 2.79. The van der Waals surface area contributed by atoms with Crippen LogP contribution in [0.15, 0.2) is 48.5 Å². The molecule has 0 aliphatic carbocycles. The van der Waals surface area contributed by atoms with E-state index in [1.165, 1.54) is 11.3 Å². The first-order valence-corrected chi connectivity index (χ1v) is 7.54. The smallest absolute Gasteiger partial charge is 0.123 e. The minimum absolute atomic E-state index is 0.270. The van der Waals surface area contributed by atoms with E-state index in [-0.39, 0.29) is 6.61 Å². The van der Waals surface area contributed by atoms with Crippen molar-refractivity contribution in [1.29, 1.82) is 0 Å². The van der Waals surface area contributed by atoms with Gasteiger partial charge >= 0.3 is 0 Å². The van der Waals surface area contributed by atoms with Crippen molar-refractivity contribution >= 4 is 5.69 Å². The summed E-state index contributed by atoms with van der Waals surface area (Å²) in [5.41, 5.74) is 2.58. The zero-order valence-electron chi connectivity index (χ0n) is 12.7. The first-order valence-electron chi connectivity index (χ1n) is 7.54. The van der Waals surface area contributed by atoms with Crippen molar-refractivity contribution in [3.05, 3.63) is 54.1 Å². The maximum absolute atomic E-state index is 10.2. The third kappa shape index (κ3) is 3.34. The number of ether oxygens (including phenoxy) is 2. The highest BCUT2D eigenvalue weighted by molar-refractivity contribution is 5.57. The number of hydrogen-bond acceptors (Lipinski definition) is 4. The molecule has 4 heteroatoms. The standard InChI is InChI=1S/C18H21NO3/c1-21-16-6-4-7-17(11-16)22-13-15(20)12-19-10-9-14-5-2-3-8-18(14)19/h2-8,11,15,20H,9-10,12-13H2,1H3. The number of fused-ring (bicyclic) bond motifs is 1. The van der Waals surface area contributed by atoms with Gasteiger partial charge in [0.2, 0.25) is 0 Å². The topological polar surface area (TPSA) is 41.9 Å². The fourth-order valence-corrected chi connectivity index (χ4v) is 2.79. The van der Waals surface area contributed by atoms with Gasteiger partial charge in [-0.3, -0.25) is 0 Å². The monoisotopic (exact) mass is 299 g/mol. The molecular weight excluding hydrogens is 278 g/mol. The SMILES string of the molecule is COc1cccc(OCC(O)CN2CCc3ccccc32)c1. The second-order valence-electron chi connectivity index (χ2n) is 5.47. The van der Waals surface area contributed by atoms with Crippen molar-refractivity contribution in [2.45, 2.75) is 12.5 Å². The molecule has 0 amide bonds. The largest absolute Gasteiger partial charge is 0.497 e. The molecule has 3 rings (SSSR count). The van der Waals surface area contributed by atoms with Crippen LogP contribution in [0.4, 0.5) is 5.69 Å². The maximum Gasteiger partial charge on any atom is 0.123 e. The van der Waals surface area contributed by atoms with E-state index in [0.717, 1.165) is 18.7 Å². The van der Waals surface area contributed by atoms with Crippen LogP contribution in [-0.4, -0.2) is 38.0 Å². The van der Waals surface area contributed by atoms with Gasteiger partial charge in [0.25, 0.3) is 0 Å². The third-order valence-electron chi connectivity index (χ3n) is 3.90. The van der Waals surface area contributed by atoms with Crippen LogP contribution < -0.4 is 14.4 Å². The molecule has 1 atom stereocenters. The summed E-state index contributed by atoms with van der Waals surface area (Å²) in [4.78, 5) is 2.22. The van der Waals surface area contributed by atoms with E-state index in [9.17, 15) is 5.11 Å². The van der Waals surface area contributed by atoms with Crippen LogP contribution >= 0.6 is 0 Å². The van der Waals surface area contributed by atoms with Crippen LogP contribution in [0.1, 0.15) is 5.56 Å². The van der Waals surface area contributed by atoms with Crippen LogP contribution in [-0.2, 0) is 6.42 Å². The molecular formula is C18H21NO3. The summed E-state index contributed by atoms with van der Waals surface area (Å²) in [5, 5.41) is 10.2. The van der Waals surface area contributed by atoms with Gasteiger partial charge in [-0.25, -0.2) is 0 Å². The predicted molar refractivity (Wildman–Crippen MR) is 86.9 cm³/mol. The van der Waals surface area contributed by atoms with Gasteiger partial charge in [0.1, 0.15) is 24.2 Å². The number of aliphatic hydroxyl groups excluding tert-OH is 1. The van der Waals surface area contributed by atoms with Crippen LogP contribution in [0.25, 0.3) is 0 Å². The Labute approximate surface area is 130 Å². The maximum atomic E-state index is 10.2. The highest BCUT2D eigenvalue weighted by Crippen LogP contribution is 2.27. The first kappa shape index (κ1) is 14.7. The molecule has 1 unspecified atom stereocenters. The lowest BCUT2D eigenvalue weighted by molar-refractivity contribution is 0.112. The van der Waals surface area contributed by atoms with Gasteiger partial charge in [0.05, 0.1) is 7.11 Å². The van der Waals surface area contributed by atoms with Gasteiger partial charge in [-0.05, 0) is 30.2 Å². The predicted octanol–water partition coefficient (Wildman–Crippen LogP) is 2.50. The molecule has 0 fully saturated rings. The van der Waals surface area contributed by atoms with E-state index in [2.05, 4.69) is 23.1 Å². The average Bonchev–Trinajstić information content (AvgIpc) is 2.96. The second kappa shape index (κ2) is 6.71. The number of para-hydroxylation sites is 1. The van der Waals surface area contributed by atoms with E-state index >= 15 is 0 Å². The van der Waals surface area contributed by atoms with Gasteiger partial charge < -0.3 is 19.5 Å². The summed E-state index contributed by atoms with van der Waals surface area (Å²) in [6.07, 6.45) is 0.511. The Morgan fingerprint density at radius 1 is 1.14 bits per heavy atom. The molecule has 1 heterocycles. The molecule has 0 bridgehead atoms. The average molecular weight is 299 g/mol. The van der Waals surface area contributed by atoms with Crippen molar-refractivity contribution in [1.82, 2.24) is 0 Å².